The molecule has 1 rings (SSSR count). The fourth-order valence-corrected chi connectivity index (χ4v) is 2.63. The van der Waals surface area contributed by atoms with Gasteiger partial charge in [0, 0.05) is 32.8 Å². The minimum atomic E-state index is -3.60. The van der Waals surface area contributed by atoms with Gasteiger partial charge in [-0.2, -0.15) is 5.10 Å². The highest BCUT2D eigenvalue weighted by Crippen LogP contribution is 2.14. The maximum absolute atomic E-state index is 12.1. The molecule has 1 unspecified atom stereocenters. The molecular weight excluding hydrogens is 258 g/mol. The Bertz CT molecular complexity index is 536. The molecule has 1 aromatic heterocycles. The van der Waals surface area contributed by atoms with Crippen molar-refractivity contribution in [2.24, 2.45) is 23.9 Å². The summed E-state index contributed by atoms with van der Waals surface area (Å²) in [6, 6.07) is 0. The zero-order valence-corrected chi connectivity index (χ0v) is 11.3. The lowest BCUT2D eigenvalue weighted by Crippen LogP contribution is -2.36. The summed E-state index contributed by atoms with van der Waals surface area (Å²) in [4.78, 5) is 0.110. The SMILES string of the molecule is CC(CN(C)S(=O)(=O)c1cnn(C)c1)C(N)=NO. The number of amidine groups is 1. The van der Waals surface area contributed by atoms with Crippen LogP contribution in [-0.2, 0) is 17.1 Å². The summed E-state index contributed by atoms with van der Waals surface area (Å²) in [7, 11) is -0.526. The predicted octanol–water partition coefficient (Wildman–Crippen LogP) is -0.577. The Morgan fingerprint density at radius 1 is 1.72 bits per heavy atom. The van der Waals surface area contributed by atoms with E-state index in [0.717, 1.165) is 4.31 Å². The Labute approximate surface area is 106 Å². The Hall–Kier alpha value is -1.61. The van der Waals surface area contributed by atoms with Crippen molar-refractivity contribution in [1.29, 1.82) is 0 Å². The Balaban J connectivity index is 2.87. The van der Waals surface area contributed by atoms with Crippen LogP contribution in [0.25, 0.3) is 0 Å². The van der Waals surface area contributed by atoms with Gasteiger partial charge in [-0.1, -0.05) is 12.1 Å². The standard InChI is InChI=1S/C9H17N5O3S/c1-7(9(10)12-15)5-14(3)18(16,17)8-4-11-13(2)6-8/h4,6-7,15H,5H2,1-3H3,(H2,10,12). The molecule has 9 heteroatoms. The lowest BCUT2D eigenvalue weighted by molar-refractivity contribution is 0.312. The molecule has 0 saturated carbocycles. The number of nitrogens with two attached hydrogens (primary N) is 1. The summed E-state index contributed by atoms with van der Waals surface area (Å²) in [6.07, 6.45) is 2.69. The van der Waals surface area contributed by atoms with E-state index < -0.39 is 10.0 Å². The topological polar surface area (TPSA) is 114 Å². The van der Waals surface area contributed by atoms with Crippen LogP contribution in [0.3, 0.4) is 0 Å². The molecule has 0 aliphatic carbocycles. The summed E-state index contributed by atoms with van der Waals surface area (Å²) < 4.78 is 26.8. The summed E-state index contributed by atoms with van der Waals surface area (Å²) in [5.74, 6) is -0.394. The second kappa shape index (κ2) is 5.36. The van der Waals surface area contributed by atoms with Gasteiger partial charge in [0.05, 0.1) is 6.20 Å². The van der Waals surface area contributed by atoms with E-state index in [1.165, 1.54) is 24.1 Å². The summed E-state index contributed by atoms with van der Waals surface area (Å²) in [5, 5.41) is 15.2. The van der Waals surface area contributed by atoms with Gasteiger partial charge in [0.15, 0.2) is 0 Å². The van der Waals surface area contributed by atoms with Crippen molar-refractivity contribution >= 4 is 15.9 Å². The molecule has 0 fully saturated rings. The van der Waals surface area contributed by atoms with Crippen molar-refractivity contribution in [2.75, 3.05) is 13.6 Å². The number of sulfonamides is 1. The van der Waals surface area contributed by atoms with Crippen LogP contribution in [0.5, 0.6) is 0 Å². The molecule has 0 aliphatic heterocycles. The zero-order valence-electron chi connectivity index (χ0n) is 10.5. The first kappa shape index (κ1) is 14.5. The van der Waals surface area contributed by atoms with Gasteiger partial charge in [-0.3, -0.25) is 4.68 Å². The highest BCUT2D eigenvalue weighted by molar-refractivity contribution is 7.89. The van der Waals surface area contributed by atoms with Crippen molar-refractivity contribution in [1.82, 2.24) is 14.1 Å². The van der Waals surface area contributed by atoms with Crippen LogP contribution in [0.4, 0.5) is 0 Å². The van der Waals surface area contributed by atoms with Gasteiger partial charge < -0.3 is 10.9 Å². The molecule has 0 spiro atoms. The first-order valence-corrected chi connectivity index (χ1v) is 6.65. The van der Waals surface area contributed by atoms with Gasteiger partial charge >= 0.3 is 0 Å². The maximum Gasteiger partial charge on any atom is 0.245 e. The minimum absolute atomic E-state index is 0.0109. The van der Waals surface area contributed by atoms with Gasteiger partial charge in [0.1, 0.15) is 10.7 Å². The molecule has 0 saturated heterocycles. The summed E-state index contributed by atoms with van der Waals surface area (Å²) in [5.41, 5.74) is 5.41. The minimum Gasteiger partial charge on any atom is -0.409 e. The van der Waals surface area contributed by atoms with E-state index in [0.29, 0.717) is 0 Å². The molecule has 1 aromatic rings. The quantitative estimate of drug-likeness (QED) is 0.323. The van der Waals surface area contributed by atoms with Crippen LogP contribution in [-0.4, -0.2) is 47.1 Å². The molecule has 0 bridgehead atoms. The monoisotopic (exact) mass is 275 g/mol. The number of oxime groups is 1. The van der Waals surface area contributed by atoms with Crippen molar-refractivity contribution in [3.8, 4) is 0 Å². The van der Waals surface area contributed by atoms with Gasteiger partial charge in [0.2, 0.25) is 10.0 Å². The van der Waals surface area contributed by atoms with E-state index in [1.807, 2.05) is 0 Å². The third-order valence-corrected chi connectivity index (χ3v) is 4.32. The fraction of sp³-hybridized carbons (Fsp3) is 0.556. The number of rotatable bonds is 5. The highest BCUT2D eigenvalue weighted by atomic mass is 32.2. The average Bonchev–Trinajstić information content (AvgIpc) is 2.75. The molecule has 0 radical (unpaired) electrons. The van der Waals surface area contributed by atoms with Crippen LogP contribution in [0.2, 0.25) is 0 Å². The number of hydrogen-bond acceptors (Lipinski definition) is 5. The molecule has 8 nitrogen and oxygen atoms in total. The molecule has 0 aliphatic rings. The number of nitrogens with zero attached hydrogens (tertiary/aromatic N) is 4. The maximum atomic E-state index is 12.1. The molecule has 102 valence electrons. The van der Waals surface area contributed by atoms with E-state index in [1.54, 1.807) is 14.0 Å². The van der Waals surface area contributed by atoms with Gasteiger partial charge in [-0.25, -0.2) is 12.7 Å². The third kappa shape index (κ3) is 2.99. The van der Waals surface area contributed by atoms with Gasteiger partial charge in [-0.15, -0.1) is 0 Å². The molecule has 1 heterocycles. The van der Waals surface area contributed by atoms with Crippen LogP contribution in [0.1, 0.15) is 6.92 Å². The smallest absolute Gasteiger partial charge is 0.245 e. The van der Waals surface area contributed by atoms with Gasteiger partial charge in [0.25, 0.3) is 0 Å². The second-order valence-electron chi connectivity index (χ2n) is 4.06. The van der Waals surface area contributed by atoms with Crippen LogP contribution >= 0.6 is 0 Å². The molecular formula is C9H17N5O3S. The first-order valence-electron chi connectivity index (χ1n) is 5.21. The van der Waals surface area contributed by atoms with E-state index in [-0.39, 0.29) is 23.2 Å². The molecule has 18 heavy (non-hydrogen) atoms. The largest absolute Gasteiger partial charge is 0.409 e. The highest BCUT2D eigenvalue weighted by Gasteiger charge is 2.24. The van der Waals surface area contributed by atoms with Crippen molar-refractivity contribution in [2.45, 2.75) is 11.8 Å². The first-order chi connectivity index (χ1) is 8.28. The van der Waals surface area contributed by atoms with Crippen molar-refractivity contribution in [3.63, 3.8) is 0 Å². The average molecular weight is 275 g/mol. The summed E-state index contributed by atoms with van der Waals surface area (Å²) >= 11 is 0. The fourth-order valence-electron chi connectivity index (χ4n) is 1.39. The third-order valence-electron chi connectivity index (χ3n) is 2.54. The van der Waals surface area contributed by atoms with Gasteiger partial charge in [-0.05, 0) is 0 Å². The molecule has 0 aromatic carbocycles. The van der Waals surface area contributed by atoms with Crippen molar-refractivity contribution in [3.05, 3.63) is 12.4 Å². The Morgan fingerprint density at radius 3 is 2.78 bits per heavy atom. The number of aryl methyl sites for hydroxylation is 1. The lowest BCUT2D eigenvalue weighted by Gasteiger charge is -2.19. The number of hydrogen-bond donors (Lipinski definition) is 2. The number of aromatic nitrogens is 2. The van der Waals surface area contributed by atoms with E-state index in [2.05, 4.69) is 10.3 Å². The van der Waals surface area contributed by atoms with E-state index in [4.69, 9.17) is 10.9 Å². The van der Waals surface area contributed by atoms with E-state index in [9.17, 15) is 8.42 Å². The normalized spacial score (nSPS) is 15.0. The van der Waals surface area contributed by atoms with E-state index >= 15 is 0 Å². The van der Waals surface area contributed by atoms with Crippen molar-refractivity contribution < 1.29 is 13.6 Å². The Morgan fingerprint density at radius 2 is 2.33 bits per heavy atom. The lowest BCUT2D eigenvalue weighted by atomic mass is 10.2. The molecule has 3 N–H and O–H groups in total. The molecule has 0 amide bonds. The van der Waals surface area contributed by atoms with Crippen LogP contribution in [0.15, 0.2) is 22.4 Å². The van der Waals surface area contributed by atoms with Crippen LogP contribution < -0.4 is 5.73 Å². The van der Waals surface area contributed by atoms with Crippen LogP contribution in [0, 0.1) is 5.92 Å². The predicted molar refractivity (Wildman–Crippen MR) is 65.6 cm³/mol. The summed E-state index contributed by atoms with van der Waals surface area (Å²) in [6.45, 7) is 1.79. The molecule has 1 atom stereocenters. The second-order valence-corrected chi connectivity index (χ2v) is 6.11. The Kier molecular flexibility index (Phi) is 4.30. The zero-order chi connectivity index (χ0) is 13.9.